The maximum absolute atomic E-state index is 11.2. The van der Waals surface area contributed by atoms with E-state index in [0.29, 0.717) is 0 Å². The molecular formula is C8H15N3O3. The van der Waals surface area contributed by atoms with E-state index in [0.717, 1.165) is 13.0 Å². The van der Waals surface area contributed by atoms with E-state index >= 15 is 0 Å². The molecule has 0 aromatic rings. The standard InChI is InChI=1S/C8H15N3O3/c1-2-3-9-4-7(12)10-6-5-14-11-8(6)13/h6,9H,2-5H2,1H3,(H,10,12)(H,11,13)/t6-/m1/s1. The Morgan fingerprint density at radius 2 is 2.50 bits per heavy atom. The molecule has 0 radical (unpaired) electrons. The number of hydrogen-bond acceptors (Lipinski definition) is 4. The van der Waals surface area contributed by atoms with Gasteiger partial charge in [-0.2, -0.15) is 0 Å². The number of hydroxylamine groups is 1. The van der Waals surface area contributed by atoms with Crippen LogP contribution in [0.1, 0.15) is 13.3 Å². The van der Waals surface area contributed by atoms with Gasteiger partial charge < -0.3 is 10.6 Å². The second kappa shape index (κ2) is 5.56. The maximum Gasteiger partial charge on any atom is 0.268 e. The van der Waals surface area contributed by atoms with Gasteiger partial charge in [-0.05, 0) is 13.0 Å². The van der Waals surface area contributed by atoms with Gasteiger partial charge in [0.1, 0.15) is 12.6 Å². The third kappa shape index (κ3) is 3.31. The van der Waals surface area contributed by atoms with Crippen LogP contribution in [-0.2, 0) is 14.4 Å². The van der Waals surface area contributed by atoms with Gasteiger partial charge in [0.05, 0.1) is 6.54 Å². The largest absolute Gasteiger partial charge is 0.341 e. The Labute approximate surface area is 82.3 Å². The van der Waals surface area contributed by atoms with E-state index in [-0.39, 0.29) is 25.0 Å². The normalized spacial score (nSPS) is 20.6. The third-order valence-electron chi connectivity index (χ3n) is 1.79. The lowest BCUT2D eigenvalue weighted by molar-refractivity contribution is -0.128. The van der Waals surface area contributed by atoms with Crippen molar-refractivity contribution in [3.05, 3.63) is 0 Å². The van der Waals surface area contributed by atoms with Crippen LogP contribution in [0, 0.1) is 0 Å². The monoisotopic (exact) mass is 201 g/mol. The van der Waals surface area contributed by atoms with Crippen molar-refractivity contribution in [3.63, 3.8) is 0 Å². The molecule has 14 heavy (non-hydrogen) atoms. The zero-order chi connectivity index (χ0) is 10.4. The highest BCUT2D eigenvalue weighted by atomic mass is 16.7. The Hall–Kier alpha value is -1.14. The van der Waals surface area contributed by atoms with E-state index < -0.39 is 6.04 Å². The second-order valence-corrected chi connectivity index (χ2v) is 3.07. The van der Waals surface area contributed by atoms with Crippen LogP contribution in [0.3, 0.4) is 0 Å². The van der Waals surface area contributed by atoms with E-state index in [1.165, 1.54) is 0 Å². The van der Waals surface area contributed by atoms with Crippen LogP contribution in [-0.4, -0.2) is 37.6 Å². The molecule has 6 heteroatoms. The van der Waals surface area contributed by atoms with Crippen molar-refractivity contribution in [1.82, 2.24) is 16.1 Å². The number of hydrogen-bond donors (Lipinski definition) is 3. The number of rotatable bonds is 5. The van der Waals surface area contributed by atoms with E-state index in [4.69, 9.17) is 0 Å². The maximum atomic E-state index is 11.2. The lowest BCUT2D eigenvalue weighted by Gasteiger charge is -2.08. The van der Waals surface area contributed by atoms with Crippen LogP contribution < -0.4 is 16.1 Å². The molecule has 0 spiro atoms. The minimum absolute atomic E-state index is 0.191. The molecule has 3 N–H and O–H groups in total. The molecule has 1 aliphatic heterocycles. The summed E-state index contributed by atoms with van der Waals surface area (Å²) in [4.78, 5) is 26.8. The molecule has 0 aromatic carbocycles. The highest BCUT2D eigenvalue weighted by Crippen LogP contribution is 1.93. The smallest absolute Gasteiger partial charge is 0.268 e. The van der Waals surface area contributed by atoms with Gasteiger partial charge in [-0.1, -0.05) is 6.92 Å². The van der Waals surface area contributed by atoms with E-state index in [1.807, 2.05) is 6.92 Å². The van der Waals surface area contributed by atoms with Crippen LogP contribution >= 0.6 is 0 Å². The van der Waals surface area contributed by atoms with Gasteiger partial charge in [0.15, 0.2) is 0 Å². The van der Waals surface area contributed by atoms with Gasteiger partial charge in [-0.15, -0.1) is 0 Å². The van der Waals surface area contributed by atoms with Gasteiger partial charge in [-0.3, -0.25) is 14.4 Å². The number of carbonyl (C=O) groups is 2. The summed E-state index contributed by atoms with van der Waals surface area (Å²) < 4.78 is 0. The van der Waals surface area contributed by atoms with Crippen molar-refractivity contribution < 1.29 is 14.4 Å². The molecule has 1 saturated heterocycles. The fourth-order valence-corrected chi connectivity index (χ4v) is 1.07. The molecule has 0 aromatic heterocycles. The van der Waals surface area contributed by atoms with Crippen LogP contribution in [0.4, 0.5) is 0 Å². The molecule has 0 bridgehead atoms. The Bertz CT molecular complexity index is 220. The lowest BCUT2D eigenvalue weighted by atomic mass is 10.3. The molecule has 1 heterocycles. The van der Waals surface area contributed by atoms with Crippen LogP contribution in [0.5, 0.6) is 0 Å². The van der Waals surface area contributed by atoms with Crippen LogP contribution in [0.25, 0.3) is 0 Å². The molecule has 1 fully saturated rings. The first kappa shape index (κ1) is 10.9. The highest BCUT2D eigenvalue weighted by molar-refractivity contribution is 5.88. The molecule has 0 unspecified atom stereocenters. The quantitative estimate of drug-likeness (QED) is 0.475. The fraction of sp³-hybridized carbons (Fsp3) is 0.750. The van der Waals surface area contributed by atoms with Gasteiger partial charge in [0.25, 0.3) is 5.91 Å². The van der Waals surface area contributed by atoms with Crippen molar-refractivity contribution >= 4 is 11.8 Å². The summed E-state index contributed by atoms with van der Waals surface area (Å²) in [5.41, 5.74) is 2.17. The summed E-state index contributed by atoms with van der Waals surface area (Å²) in [6.45, 7) is 3.24. The summed E-state index contributed by atoms with van der Waals surface area (Å²) >= 11 is 0. The van der Waals surface area contributed by atoms with Crippen molar-refractivity contribution in [1.29, 1.82) is 0 Å². The first-order valence-electron chi connectivity index (χ1n) is 4.65. The second-order valence-electron chi connectivity index (χ2n) is 3.07. The third-order valence-corrected chi connectivity index (χ3v) is 1.79. The Kier molecular flexibility index (Phi) is 4.34. The molecule has 1 atom stereocenters. The van der Waals surface area contributed by atoms with Crippen molar-refractivity contribution in [3.8, 4) is 0 Å². The molecule has 6 nitrogen and oxygen atoms in total. The lowest BCUT2D eigenvalue weighted by Crippen LogP contribution is -2.45. The number of nitrogens with one attached hydrogen (secondary N) is 3. The summed E-state index contributed by atoms with van der Waals surface area (Å²) in [6, 6.07) is -0.550. The SMILES string of the molecule is CCCNCC(=O)N[C@@H]1CONC1=O. The fourth-order valence-electron chi connectivity index (χ4n) is 1.07. The van der Waals surface area contributed by atoms with Crippen LogP contribution in [0.15, 0.2) is 0 Å². The van der Waals surface area contributed by atoms with Gasteiger partial charge in [0, 0.05) is 0 Å². The summed E-state index contributed by atoms with van der Waals surface area (Å²) in [5.74, 6) is -0.488. The Morgan fingerprint density at radius 1 is 1.71 bits per heavy atom. The summed E-state index contributed by atoms with van der Waals surface area (Å²) in [6.07, 6.45) is 0.973. The van der Waals surface area contributed by atoms with Crippen molar-refractivity contribution in [2.75, 3.05) is 19.7 Å². The molecule has 1 rings (SSSR count). The Balaban J connectivity index is 2.16. The number of carbonyl (C=O) groups excluding carboxylic acids is 2. The molecule has 0 aliphatic carbocycles. The van der Waals surface area contributed by atoms with Gasteiger partial charge in [-0.25, -0.2) is 5.48 Å². The average molecular weight is 201 g/mol. The minimum Gasteiger partial charge on any atom is -0.341 e. The molecule has 2 amide bonds. The zero-order valence-corrected chi connectivity index (χ0v) is 8.13. The molecule has 0 saturated carbocycles. The Morgan fingerprint density at radius 3 is 3.07 bits per heavy atom. The van der Waals surface area contributed by atoms with Crippen molar-refractivity contribution in [2.24, 2.45) is 0 Å². The summed E-state index contributed by atoms with van der Waals surface area (Å²) in [5, 5.41) is 5.49. The van der Waals surface area contributed by atoms with Gasteiger partial charge >= 0.3 is 0 Å². The number of amides is 2. The zero-order valence-electron chi connectivity index (χ0n) is 8.13. The summed E-state index contributed by atoms with van der Waals surface area (Å²) in [7, 11) is 0. The predicted molar refractivity (Wildman–Crippen MR) is 49.2 cm³/mol. The van der Waals surface area contributed by atoms with Gasteiger partial charge in [0.2, 0.25) is 5.91 Å². The predicted octanol–water partition coefficient (Wildman–Crippen LogP) is -1.47. The average Bonchev–Trinajstić information content (AvgIpc) is 2.52. The highest BCUT2D eigenvalue weighted by Gasteiger charge is 2.26. The van der Waals surface area contributed by atoms with Crippen molar-refractivity contribution in [2.45, 2.75) is 19.4 Å². The van der Waals surface area contributed by atoms with E-state index in [1.54, 1.807) is 0 Å². The molecular weight excluding hydrogens is 186 g/mol. The first-order chi connectivity index (χ1) is 6.74. The molecule has 1 aliphatic rings. The molecule has 80 valence electrons. The first-order valence-corrected chi connectivity index (χ1v) is 4.65. The van der Waals surface area contributed by atoms with E-state index in [2.05, 4.69) is 21.0 Å². The van der Waals surface area contributed by atoms with E-state index in [9.17, 15) is 9.59 Å². The topological polar surface area (TPSA) is 79.5 Å². The van der Waals surface area contributed by atoms with Crippen LogP contribution in [0.2, 0.25) is 0 Å². The minimum atomic E-state index is -0.550.